The van der Waals surface area contributed by atoms with Gasteiger partial charge in [-0.2, -0.15) is 4.80 Å². The molecular weight excluding hydrogens is 402 g/mol. The highest BCUT2D eigenvalue weighted by Gasteiger charge is 2.14. The maximum atomic E-state index is 12.5. The van der Waals surface area contributed by atoms with Crippen molar-refractivity contribution in [3.63, 3.8) is 0 Å². The Morgan fingerprint density at radius 1 is 1.16 bits per heavy atom. The molecule has 31 heavy (non-hydrogen) atoms. The van der Waals surface area contributed by atoms with Gasteiger partial charge < -0.3 is 15.4 Å². The monoisotopic (exact) mass is 428 g/mol. The van der Waals surface area contributed by atoms with E-state index in [9.17, 15) is 8.78 Å². The number of hydrogen-bond acceptors (Lipinski definition) is 6. The van der Waals surface area contributed by atoms with Gasteiger partial charge in [0, 0.05) is 29.9 Å². The van der Waals surface area contributed by atoms with Crippen molar-refractivity contribution < 1.29 is 13.5 Å². The molecule has 0 radical (unpaired) electrons. The van der Waals surface area contributed by atoms with E-state index in [1.165, 1.54) is 0 Å². The van der Waals surface area contributed by atoms with Crippen molar-refractivity contribution in [2.24, 2.45) is 0 Å². The van der Waals surface area contributed by atoms with Gasteiger partial charge in [0.25, 0.3) is 0 Å². The second kappa shape index (κ2) is 10.4. The number of aromatic nitrogens is 4. The van der Waals surface area contributed by atoms with Crippen LogP contribution >= 0.6 is 0 Å². The van der Waals surface area contributed by atoms with Crippen molar-refractivity contribution >= 4 is 11.4 Å². The first kappa shape index (κ1) is 21.3. The fraction of sp³-hybridized carbons (Fsp3) is 0.409. The van der Waals surface area contributed by atoms with Crippen molar-refractivity contribution in [1.29, 1.82) is 0 Å². The van der Waals surface area contributed by atoms with E-state index in [2.05, 4.69) is 26.0 Å². The van der Waals surface area contributed by atoms with E-state index in [-0.39, 0.29) is 12.5 Å². The van der Waals surface area contributed by atoms with Crippen LogP contribution in [0.25, 0.3) is 11.4 Å². The predicted octanol–water partition coefficient (Wildman–Crippen LogP) is 3.66. The van der Waals surface area contributed by atoms with Crippen LogP contribution in [0.2, 0.25) is 0 Å². The number of benzene rings is 2. The molecule has 1 atom stereocenters. The largest absolute Gasteiger partial charge is 0.375 e. The van der Waals surface area contributed by atoms with E-state index >= 15 is 0 Å². The Labute approximate surface area is 179 Å². The quantitative estimate of drug-likeness (QED) is 0.542. The van der Waals surface area contributed by atoms with Gasteiger partial charge in [-0.3, -0.25) is 0 Å². The molecule has 1 aliphatic heterocycles. The molecule has 0 aliphatic carbocycles. The minimum atomic E-state index is -2.35. The van der Waals surface area contributed by atoms with Crippen molar-refractivity contribution in [3.05, 3.63) is 54.1 Å². The molecule has 3 aromatic rings. The third-order valence-electron chi connectivity index (χ3n) is 5.14. The summed E-state index contributed by atoms with van der Waals surface area (Å²) < 4.78 is 31.0. The van der Waals surface area contributed by atoms with Crippen LogP contribution in [0, 0.1) is 0 Å². The number of rotatable bonds is 9. The Morgan fingerprint density at radius 3 is 2.77 bits per heavy atom. The summed E-state index contributed by atoms with van der Waals surface area (Å²) in [7, 11) is 0. The van der Waals surface area contributed by atoms with E-state index in [0.29, 0.717) is 24.5 Å². The molecule has 0 spiro atoms. The average Bonchev–Trinajstić information content (AvgIpc) is 3.25. The summed E-state index contributed by atoms with van der Waals surface area (Å²) in [4.78, 5) is 1.54. The molecule has 4 rings (SSSR count). The fourth-order valence-electron chi connectivity index (χ4n) is 3.55. The molecule has 0 bridgehead atoms. The number of halogens is 2. The lowest BCUT2D eigenvalue weighted by molar-refractivity contribution is 0.0294. The highest BCUT2D eigenvalue weighted by molar-refractivity contribution is 5.77. The lowest BCUT2D eigenvalue weighted by Crippen LogP contribution is -2.35. The second-order valence-electron chi connectivity index (χ2n) is 7.51. The summed E-state index contributed by atoms with van der Waals surface area (Å²) in [5.41, 5.74) is 3.02. The second-order valence-corrected chi connectivity index (χ2v) is 7.51. The first-order valence-electron chi connectivity index (χ1n) is 10.5. The molecule has 1 fully saturated rings. The van der Waals surface area contributed by atoms with E-state index in [0.717, 1.165) is 42.9 Å². The number of para-hydroxylation sites is 1. The molecule has 1 aromatic heterocycles. The van der Waals surface area contributed by atoms with Crippen LogP contribution in [-0.4, -0.2) is 52.4 Å². The fourth-order valence-corrected chi connectivity index (χ4v) is 3.55. The highest BCUT2D eigenvalue weighted by atomic mass is 19.3. The Hall–Kier alpha value is -2.91. The normalized spacial score (nSPS) is 16.5. The Morgan fingerprint density at radius 2 is 2.00 bits per heavy atom. The van der Waals surface area contributed by atoms with E-state index in [1.807, 2.05) is 24.3 Å². The maximum absolute atomic E-state index is 12.5. The van der Waals surface area contributed by atoms with Gasteiger partial charge in [-0.05, 0) is 54.4 Å². The zero-order valence-corrected chi connectivity index (χ0v) is 17.2. The molecule has 1 aliphatic rings. The summed E-state index contributed by atoms with van der Waals surface area (Å²) in [6, 6.07) is 14.6. The Bertz CT molecular complexity index is 957. The number of nitrogens with zero attached hydrogens (tertiary/aromatic N) is 4. The first-order chi connectivity index (χ1) is 15.2. The van der Waals surface area contributed by atoms with Crippen molar-refractivity contribution in [1.82, 2.24) is 25.5 Å². The van der Waals surface area contributed by atoms with Crippen molar-refractivity contribution in [3.8, 4) is 11.4 Å². The number of hydrogen-bond donors (Lipinski definition) is 2. The summed E-state index contributed by atoms with van der Waals surface area (Å²) in [5, 5.41) is 19.5. The summed E-state index contributed by atoms with van der Waals surface area (Å²) in [5.74, 6) is 0.511. The number of nitrogens with one attached hydrogen (secondary N) is 2. The zero-order chi connectivity index (χ0) is 21.5. The molecule has 2 heterocycles. The van der Waals surface area contributed by atoms with Gasteiger partial charge in [0.2, 0.25) is 12.2 Å². The van der Waals surface area contributed by atoms with E-state index in [4.69, 9.17) is 4.74 Å². The lowest BCUT2D eigenvalue weighted by Gasteiger charge is -2.22. The molecule has 9 heteroatoms. The van der Waals surface area contributed by atoms with E-state index < -0.39 is 6.43 Å². The van der Waals surface area contributed by atoms with Crippen LogP contribution in [0.1, 0.15) is 18.4 Å². The first-order valence-corrected chi connectivity index (χ1v) is 10.5. The SMILES string of the molecule is FC(F)Cc1ccc(Nc2ccccc2-c2nnn(CCOC3CCCNC3)n2)cc1. The predicted molar refractivity (Wildman–Crippen MR) is 115 cm³/mol. The topological polar surface area (TPSA) is 76.9 Å². The summed E-state index contributed by atoms with van der Waals surface area (Å²) in [6.45, 7) is 3.01. The van der Waals surface area contributed by atoms with Gasteiger partial charge in [0.1, 0.15) is 0 Å². The molecular formula is C22H26F2N6O. The van der Waals surface area contributed by atoms with Crippen LogP contribution in [-0.2, 0) is 17.7 Å². The summed E-state index contributed by atoms with van der Waals surface area (Å²) >= 11 is 0. The third-order valence-corrected chi connectivity index (χ3v) is 5.14. The number of piperidine rings is 1. The third kappa shape index (κ3) is 6.05. The van der Waals surface area contributed by atoms with E-state index in [1.54, 1.807) is 29.1 Å². The van der Waals surface area contributed by atoms with Gasteiger partial charge >= 0.3 is 0 Å². The standard InChI is InChI=1S/C22H26F2N6O/c23-21(24)14-16-7-9-17(10-8-16)26-20-6-2-1-5-19(20)22-27-29-30(28-22)12-13-31-18-4-3-11-25-15-18/h1-2,5-10,18,21,25-26H,3-4,11-15H2. The van der Waals surface area contributed by atoms with Crippen LogP contribution in [0.5, 0.6) is 0 Å². The lowest BCUT2D eigenvalue weighted by atomic mass is 10.1. The van der Waals surface area contributed by atoms with Crippen molar-refractivity contribution in [2.45, 2.75) is 38.3 Å². The Kier molecular flexibility index (Phi) is 7.16. The molecule has 0 amide bonds. The van der Waals surface area contributed by atoms with Gasteiger partial charge in [0.05, 0.1) is 19.3 Å². The van der Waals surface area contributed by atoms with Crippen LogP contribution in [0.4, 0.5) is 20.2 Å². The molecule has 2 N–H and O–H groups in total. The van der Waals surface area contributed by atoms with Gasteiger partial charge in [-0.15, -0.1) is 10.2 Å². The molecule has 2 aromatic carbocycles. The van der Waals surface area contributed by atoms with Gasteiger partial charge in [-0.1, -0.05) is 24.3 Å². The number of tetrazole rings is 1. The zero-order valence-electron chi connectivity index (χ0n) is 17.2. The highest BCUT2D eigenvalue weighted by Crippen LogP contribution is 2.27. The molecule has 7 nitrogen and oxygen atoms in total. The van der Waals surface area contributed by atoms with Crippen molar-refractivity contribution in [2.75, 3.05) is 25.0 Å². The maximum Gasteiger partial charge on any atom is 0.242 e. The number of anilines is 2. The molecule has 1 unspecified atom stereocenters. The number of ether oxygens (including phenoxy) is 1. The smallest absolute Gasteiger partial charge is 0.242 e. The van der Waals surface area contributed by atoms with Crippen LogP contribution in [0.15, 0.2) is 48.5 Å². The molecule has 164 valence electrons. The van der Waals surface area contributed by atoms with Gasteiger partial charge in [0.15, 0.2) is 0 Å². The molecule has 0 saturated carbocycles. The van der Waals surface area contributed by atoms with Crippen LogP contribution < -0.4 is 10.6 Å². The minimum absolute atomic E-state index is 0.244. The Balaban J connectivity index is 1.39. The number of alkyl halides is 2. The van der Waals surface area contributed by atoms with Crippen LogP contribution in [0.3, 0.4) is 0 Å². The minimum Gasteiger partial charge on any atom is -0.375 e. The summed E-state index contributed by atoms with van der Waals surface area (Å²) in [6.07, 6.45) is -0.141. The molecule has 1 saturated heterocycles. The van der Waals surface area contributed by atoms with Gasteiger partial charge in [-0.25, -0.2) is 8.78 Å². The average molecular weight is 428 g/mol.